The number of hydrazone groups is 1. The Morgan fingerprint density at radius 2 is 1.78 bits per heavy atom. The van der Waals surface area contributed by atoms with Crippen LogP contribution in [0.5, 0.6) is 5.75 Å². The molecule has 0 aliphatic rings. The maximum atomic E-state index is 11.9. The molecule has 0 saturated heterocycles. The molecule has 4 heteroatoms. The van der Waals surface area contributed by atoms with Gasteiger partial charge in [-0.3, -0.25) is 4.79 Å². The number of nitrogens with zero attached hydrogens (tertiary/aromatic N) is 1. The highest BCUT2D eigenvalue weighted by molar-refractivity contribution is 6.00. The van der Waals surface area contributed by atoms with Gasteiger partial charge in [0, 0.05) is 6.42 Å². The van der Waals surface area contributed by atoms with E-state index in [1.165, 1.54) is 0 Å². The lowest BCUT2D eigenvalue weighted by Gasteiger charge is -2.06. The van der Waals surface area contributed by atoms with E-state index in [1.807, 2.05) is 61.5 Å². The van der Waals surface area contributed by atoms with Crippen molar-refractivity contribution in [2.45, 2.75) is 26.2 Å². The molecule has 0 aliphatic carbocycles. The van der Waals surface area contributed by atoms with Crippen LogP contribution in [-0.2, 0) is 11.2 Å². The van der Waals surface area contributed by atoms with Crippen LogP contribution in [-0.4, -0.2) is 18.7 Å². The first-order chi connectivity index (χ1) is 11.2. The molecule has 1 N–H and O–H groups in total. The van der Waals surface area contributed by atoms with E-state index in [1.54, 1.807) is 7.11 Å². The highest BCUT2D eigenvalue weighted by Crippen LogP contribution is 2.12. The molecule has 23 heavy (non-hydrogen) atoms. The van der Waals surface area contributed by atoms with Gasteiger partial charge in [0.2, 0.25) is 5.91 Å². The van der Waals surface area contributed by atoms with Crippen molar-refractivity contribution < 1.29 is 9.53 Å². The maximum absolute atomic E-state index is 11.9. The van der Waals surface area contributed by atoms with E-state index in [-0.39, 0.29) is 5.91 Å². The second-order valence-electron chi connectivity index (χ2n) is 5.16. The molecular formula is C19H22N2O2. The summed E-state index contributed by atoms with van der Waals surface area (Å²) in [4.78, 5) is 11.9. The lowest BCUT2D eigenvalue weighted by atomic mass is 10.1. The average molecular weight is 310 g/mol. The molecular weight excluding hydrogens is 288 g/mol. The number of rotatable bonds is 7. The number of aryl methyl sites for hydroxylation is 1. The van der Waals surface area contributed by atoms with Gasteiger partial charge in [-0.2, -0.15) is 5.10 Å². The maximum Gasteiger partial charge on any atom is 0.240 e. The van der Waals surface area contributed by atoms with Crippen LogP contribution in [0.4, 0.5) is 0 Å². The van der Waals surface area contributed by atoms with Crippen molar-refractivity contribution >= 4 is 11.6 Å². The normalized spacial score (nSPS) is 11.1. The zero-order valence-corrected chi connectivity index (χ0v) is 13.6. The van der Waals surface area contributed by atoms with E-state index in [9.17, 15) is 4.79 Å². The van der Waals surface area contributed by atoms with Gasteiger partial charge < -0.3 is 4.74 Å². The van der Waals surface area contributed by atoms with E-state index in [0.29, 0.717) is 12.8 Å². The van der Waals surface area contributed by atoms with E-state index < -0.39 is 0 Å². The second kappa shape index (κ2) is 8.73. The van der Waals surface area contributed by atoms with E-state index in [0.717, 1.165) is 29.0 Å². The van der Waals surface area contributed by atoms with Gasteiger partial charge in [-0.05, 0) is 36.1 Å². The molecule has 0 radical (unpaired) electrons. The molecule has 0 spiro atoms. The third kappa shape index (κ3) is 5.25. The summed E-state index contributed by atoms with van der Waals surface area (Å²) in [7, 11) is 1.64. The first-order valence-corrected chi connectivity index (χ1v) is 7.76. The minimum atomic E-state index is -0.0808. The van der Waals surface area contributed by atoms with Crippen LogP contribution in [0.2, 0.25) is 0 Å². The van der Waals surface area contributed by atoms with Crippen LogP contribution >= 0.6 is 0 Å². The molecule has 0 bridgehead atoms. The average Bonchev–Trinajstić information content (AvgIpc) is 2.62. The number of methoxy groups -OCH3 is 1. The van der Waals surface area contributed by atoms with Crippen LogP contribution in [0.15, 0.2) is 59.7 Å². The summed E-state index contributed by atoms with van der Waals surface area (Å²) in [6, 6.07) is 17.6. The van der Waals surface area contributed by atoms with Gasteiger partial charge in [0.1, 0.15) is 5.75 Å². The van der Waals surface area contributed by atoms with E-state index >= 15 is 0 Å². The predicted molar refractivity (Wildman–Crippen MR) is 92.7 cm³/mol. The fourth-order valence-electron chi connectivity index (χ4n) is 2.21. The highest BCUT2D eigenvalue weighted by Gasteiger charge is 2.04. The predicted octanol–water partition coefficient (Wildman–Crippen LogP) is 3.56. The van der Waals surface area contributed by atoms with Crippen LogP contribution in [0, 0.1) is 0 Å². The monoisotopic (exact) mass is 310 g/mol. The molecule has 0 heterocycles. The number of carbonyl (C=O) groups excluding carboxylic acids is 1. The zero-order valence-electron chi connectivity index (χ0n) is 13.6. The fourth-order valence-corrected chi connectivity index (χ4v) is 2.21. The summed E-state index contributed by atoms with van der Waals surface area (Å²) in [5.74, 6) is 0.737. The molecule has 0 aromatic heterocycles. The number of hydrogen-bond acceptors (Lipinski definition) is 3. The van der Waals surface area contributed by atoms with Crippen molar-refractivity contribution in [3.05, 3.63) is 65.7 Å². The minimum absolute atomic E-state index is 0.0808. The molecule has 0 saturated carbocycles. The first kappa shape index (κ1) is 16.7. The quantitative estimate of drug-likeness (QED) is 0.628. The van der Waals surface area contributed by atoms with Gasteiger partial charge in [-0.1, -0.05) is 49.4 Å². The van der Waals surface area contributed by atoms with Gasteiger partial charge in [-0.15, -0.1) is 0 Å². The van der Waals surface area contributed by atoms with E-state index in [4.69, 9.17) is 4.74 Å². The Bertz CT molecular complexity index is 649. The summed E-state index contributed by atoms with van der Waals surface area (Å²) in [5, 5.41) is 4.25. The summed E-state index contributed by atoms with van der Waals surface area (Å²) in [6.07, 6.45) is 1.85. The first-order valence-electron chi connectivity index (χ1n) is 7.76. The van der Waals surface area contributed by atoms with Crippen LogP contribution in [0.25, 0.3) is 0 Å². The number of nitrogens with one attached hydrogen (secondary N) is 1. The van der Waals surface area contributed by atoms with Crippen molar-refractivity contribution in [3.8, 4) is 5.75 Å². The van der Waals surface area contributed by atoms with Crippen molar-refractivity contribution in [2.75, 3.05) is 7.11 Å². The van der Waals surface area contributed by atoms with Crippen LogP contribution in [0.3, 0.4) is 0 Å². The van der Waals surface area contributed by atoms with E-state index in [2.05, 4.69) is 10.5 Å². The Morgan fingerprint density at radius 3 is 2.39 bits per heavy atom. The van der Waals surface area contributed by atoms with Crippen LogP contribution in [0.1, 0.15) is 30.9 Å². The Kier molecular flexibility index (Phi) is 6.36. The van der Waals surface area contributed by atoms with Gasteiger partial charge >= 0.3 is 0 Å². The smallest absolute Gasteiger partial charge is 0.240 e. The SMILES string of the molecule is CCC(=NNC(=O)CCc1ccc(OC)cc1)c1ccccc1. The molecule has 0 aliphatic heterocycles. The number of amides is 1. The molecule has 2 aromatic carbocycles. The van der Waals surface area contributed by atoms with Gasteiger partial charge in [-0.25, -0.2) is 5.43 Å². The Morgan fingerprint density at radius 1 is 1.09 bits per heavy atom. The third-order valence-corrected chi connectivity index (χ3v) is 3.56. The number of benzene rings is 2. The largest absolute Gasteiger partial charge is 0.497 e. The molecule has 1 amide bonds. The fraction of sp³-hybridized carbons (Fsp3) is 0.263. The molecule has 4 nitrogen and oxygen atoms in total. The minimum Gasteiger partial charge on any atom is -0.497 e. The van der Waals surface area contributed by atoms with Gasteiger partial charge in [0.15, 0.2) is 0 Å². The standard InChI is InChI=1S/C19H22N2O2/c1-3-18(16-7-5-4-6-8-16)20-21-19(22)14-11-15-9-12-17(23-2)13-10-15/h4-10,12-13H,3,11,14H2,1-2H3,(H,21,22). The molecule has 2 aromatic rings. The van der Waals surface area contributed by atoms with Crippen LogP contribution < -0.4 is 10.2 Å². The summed E-state index contributed by atoms with van der Waals surface area (Å²) < 4.78 is 5.12. The number of carbonyl (C=O) groups is 1. The molecule has 0 atom stereocenters. The molecule has 2 rings (SSSR count). The van der Waals surface area contributed by atoms with Crippen molar-refractivity contribution in [1.82, 2.24) is 5.43 Å². The summed E-state index contributed by atoms with van der Waals surface area (Å²) in [6.45, 7) is 2.02. The zero-order chi connectivity index (χ0) is 16.5. The lowest BCUT2D eigenvalue weighted by molar-refractivity contribution is -0.121. The third-order valence-electron chi connectivity index (χ3n) is 3.56. The lowest BCUT2D eigenvalue weighted by Crippen LogP contribution is -2.20. The van der Waals surface area contributed by atoms with Gasteiger partial charge in [0.05, 0.1) is 12.8 Å². The highest BCUT2D eigenvalue weighted by atomic mass is 16.5. The summed E-state index contributed by atoms with van der Waals surface area (Å²) >= 11 is 0. The Balaban J connectivity index is 1.87. The summed E-state index contributed by atoms with van der Waals surface area (Å²) in [5.41, 5.74) is 5.66. The molecule has 120 valence electrons. The molecule has 0 unspecified atom stereocenters. The Hall–Kier alpha value is -2.62. The van der Waals surface area contributed by atoms with Crippen molar-refractivity contribution in [3.63, 3.8) is 0 Å². The number of hydrogen-bond donors (Lipinski definition) is 1. The Labute approximate surface area is 137 Å². The molecule has 0 fully saturated rings. The topological polar surface area (TPSA) is 50.7 Å². The van der Waals surface area contributed by atoms with Crippen molar-refractivity contribution in [2.24, 2.45) is 5.10 Å². The number of ether oxygens (including phenoxy) is 1. The second-order valence-corrected chi connectivity index (χ2v) is 5.16. The van der Waals surface area contributed by atoms with Gasteiger partial charge in [0.25, 0.3) is 0 Å². The van der Waals surface area contributed by atoms with Crippen molar-refractivity contribution in [1.29, 1.82) is 0 Å².